The summed E-state index contributed by atoms with van der Waals surface area (Å²) >= 11 is 0. The van der Waals surface area contributed by atoms with Crippen LogP contribution in [0.25, 0.3) is 0 Å². The first-order valence-corrected chi connectivity index (χ1v) is 7.30. The maximum Gasteiger partial charge on any atom is 0.401 e. The molecule has 2 fully saturated rings. The molecule has 2 aliphatic heterocycles. The number of ether oxygens (including phenoxy) is 1. The number of alkyl halides is 3. The van der Waals surface area contributed by atoms with Crippen molar-refractivity contribution in [1.82, 2.24) is 15.5 Å². The number of carbonyl (C=O) groups is 1. The molecule has 2 heterocycles. The highest BCUT2D eigenvalue weighted by Crippen LogP contribution is 2.22. The minimum Gasteiger partial charge on any atom is -0.375 e. The van der Waals surface area contributed by atoms with Crippen molar-refractivity contribution in [3.63, 3.8) is 0 Å². The molecule has 2 N–H and O–H groups in total. The molecule has 138 valence electrons. The Morgan fingerprint density at radius 1 is 1.35 bits per heavy atom. The van der Waals surface area contributed by atoms with Crippen molar-refractivity contribution in [1.29, 1.82) is 0 Å². The average molecular weight is 382 g/mol. The number of rotatable bonds is 5. The van der Waals surface area contributed by atoms with Crippen LogP contribution in [0, 0.1) is 5.92 Å². The number of likely N-dealkylation sites (tertiary alicyclic amines) is 1. The van der Waals surface area contributed by atoms with Gasteiger partial charge in [0.2, 0.25) is 5.91 Å². The first-order valence-electron chi connectivity index (χ1n) is 7.30. The van der Waals surface area contributed by atoms with Crippen LogP contribution in [-0.2, 0) is 9.53 Å². The normalized spacial score (nSPS) is 25.3. The summed E-state index contributed by atoms with van der Waals surface area (Å²) in [5.74, 6) is -0.000305. The lowest BCUT2D eigenvalue weighted by Crippen LogP contribution is -2.42. The van der Waals surface area contributed by atoms with E-state index in [1.54, 1.807) is 0 Å². The summed E-state index contributed by atoms with van der Waals surface area (Å²) in [6.45, 7) is 2.47. The largest absolute Gasteiger partial charge is 0.401 e. The standard InChI is InChI=1S/C13H22F3N3O2.2ClH/c14-13(15,16)9-19-3-1-10(8-19)6-18-12(20)5-11-7-17-2-4-21-11;;/h10-11,17H,1-9H2,(H,18,20);2*1H. The van der Waals surface area contributed by atoms with Gasteiger partial charge in [0.15, 0.2) is 0 Å². The highest BCUT2D eigenvalue weighted by atomic mass is 35.5. The van der Waals surface area contributed by atoms with E-state index in [1.165, 1.54) is 4.90 Å². The van der Waals surface area contributed by atoms with E-state index < -0.39 is 12.7 Å². The van der Waals surface area contributed by atoms with Crippen LogP contribution in [0.4, 0.5) is 13.2 Å². The quantitative estimate of drug-likeness (QED) is 0.751. The van der Waals surface area contributed by atoms with Gasteiger partial charge in [-0.15, -0.1) is 24.8 Å². The highest BCUT2D eigenvalue weighted by Gasteiger charge is 2.34. The molecule has 0 radical (unpaired) electrons. The zero-order chi connectivity index (χ0) is 15.3. The fraction of sp³-hybridized carbons (Fsp3) is 0.923. The molecule has 2 rings (SSSR count). The molecule has 2 unspecified atom stereocenters. The molecule has 0 aromatic rings. The van der Waals surface area contributed by atoms with Crippen molar-refractivity contribution in [2.24, 2.45) is 5.92 Å². The summed E-state index contributed by atoms with van der Waals surface area (Å²) in [4.78, 5) is 13.2. The third-order valence-electron chi connectivity index (χ3n) is 3.78. The molecule has 1 amide bonds. The SMILES string of the molecule is Cl.Cl.O=C(CC1CNCCO1)NCC1CCN(CC(F)(F)F)C1. The van der Waals surface area contributed by atoms with Crippen molar-refractivity contribution in [3.8, 4) is 0 Å². The molecule has 5 nitrogen and oxygen atoms in total. The second-order valence-electron chi connectivity index (χ2n) is 5.71. The number of morpholine rings is 1. The highest BCUT2D eigenvalue weighted by molar-refractivity contribution is 5.85. The van der Waals surface area contributed by atoms with Gasteiger partial charge in [0, 0.05) is 26.2 Å². The monoisotopic (exact) mass is 381 g/mol. The van der Waals surface area contributed by atoms with E-state index in [2.05, 4.69) is 10.6 Å². The molecule has 0 aromatic carbocycles. The topological polar surface area (TPSA) is 53.6 Å². The van der Waals surface area contributed by atoms with Gasteiger partial charge in [0.05, 0.1) is 25.7 Å². The Kier molecular flexibility index (Phi) is 10.4. The van der Waals surface area contributed by atoms with Crippen LogP contribution < -0.4 is 10.6 Å². The summed E-state index contributed by atoms with van der Waals surface area (Å²) in [6, 6.07) is 0. The molecule has 2 atom stereocenters. The van der Waals surface area contributed by atoms with Gasteiger partial charge in [-0.1, -0.05) is 0 Å². The minimum absolute atomic E-state index is 0. The Morgan fingerprint density at radius 3 is 2.70 bits per heavy atom. The van der Waals surface area contributed by atoms with E-state index in [9.17, 15) is 18.0 Å². The van der Waals surface area contributed by atoms with Crippen LogP contribution >= 0.6 is 24.8 Å². The second-order valence-corrected chi connectivity index (χ2v) is 5.71. The molecule has 0 spiro atoms. The molecule has 2 saturated heterocycles. The summed E-state index contributed by atoms with van der Waals surface area (Å²) in [5.41, 5.74) is 0. The number of carbonyl (C=O) groups excluding carboxylic acids is 1. The van der Waals surface area contributed by atoms with Gasteiger partial charge in [0.1, 0.15) is 0 Å². The van der Waals surface area contributed by atoms with Gasteiger partial charge in [0.25, 0.3) is 0 Å². The lowest BCUT2D eigenvalue weighted by molar-refractivity contribution is -0.143. The van der Waals surface area contributed by atoms with E-state index in [0.29, 0.717) is 45.6 Å². The molecule has 23 heavy (non-hydrogen) atoms. The Hall–Kier alpha value is -0.280. The number of hydrogen-bond acceptors (Lipinski definition) is 4. The van der Waals surface area contributed by atoms with E-state index in [4.69, 9.17) is 4.74 Å². The summed E-state index contributed by atoms with van der Waals surface area (Å²) in [6.07, 6.45) is -3.27. The van der Waals surface area contributed by atoms with Crippen LogP contribution in [0.1, 0.15) is 12.8 Å². The van der Waals surface area contributed by atoms with Crippen molar-refractivity contribution in [2.75, 3.05) is 45.9 Å². The van der Waals surface area contributed by atoms with Crippen LogP contribution in [0.15, 0.2) is 0 Å². The third-order valence-corrected chi connectivity index (χ3v) is 3.78. The van der Waals surface area contributed by atoms with Gasteiger partial charge in [-0.2, -0.15) is 13.2 Å². The van der Waals surface area contributed by atoms with Gasteiger partial charge in [-0.25, -0.2) is 0 Å². The van der Waals surface area contributed by atoms with Crippen LogP contribution in [0.2, 0.25) is 0 Å². The number of hydrogen-bond donors (Lipinski definition) is 2. The predicted octanol–water partition coefficient (Wildman–Crippen LogP) is 1.21. The number of nitrogens with zero attached hydrogens (tertiary/aromatic N) is 1. The number of halogens is 5. The summed E-state index contributed by atoms with van der Waals surface area (Å²) in [5, 5.41) is 5.95. The van der Waals surface area contributed by atoms with Crippen molar-refractivity contribution < 1.29 is 22.7 Å². The third kappa shape index (κ3) is 8.95. The molecule has 0 bridgehead atoms. The molecular formula is C13H24Cl2F3N3O2. The average Bonchev–Trinajstić information content (AvgIpc) is 2.83. The van der Waals surface area contributed by atoms with Gasteiger partial charge >= 0.3 is 6.18 Å². The van der Waals surface area contributed by atoms with Crippen LogP contribution in [-0.4, -0.2) is 69.0 Å². The second kappa shape index (κ2) is 10.6. The Morgan fingerprint density at radius 2 is 2.09 bits per heavy atom. The lowest BCUT2D eigenvalue weighted by atomic mass is 10.1. The van der Waals surface area contributed by atoms with E-state index >= 15 is 0 Å². The molecule has 2 aliphatic rings. The molecular weight excluding hydrogens is 358 g/mol. The maximum atomic E-state index is 12.3. The minimum atomic E-state index is -4.15. The van der Waals surface area contributed by atoms with E-state index in [0.717, 1.165) is 6.54 Å². The Labute approximate surface area is 146 Å². The van der Waals surface area contributed by atoms with Crippen LogP contribution in [0.3, 0.4) is 0 Å². The van der Waals surface area contributed by atoms with Gasteiger partial charge in [-0.3, -0.25) is 9.69 Å². The van der Waals surface area contributed by atoms with Gasteiger partial charge in [-0.05, 0) is 18.9 Å². The lowest BCUT2D eigenvalue weighted by Gasteiger charge is -2.23. The molecule has 0 aliphatic carbocycles. The van der Waals surface area contributed by atoms with Crippen LogP contribution in [0.5, 0.6) is 0 Å². The molecule has 10 heteroatoms. The fourth-order valence-corrected chi connectivity index (χ4v) is 2.76. The number of amides is 1. The Balaban J connectivity index is 0.00000242. The van der Waals surface area contributed by atoms with E-state index in [-0.39, 0.29) is 42.7 Å². The van der Waals surface area contributed by atoms with Crippen molar-refractivity contribution >= 4 is 30.7 Å². The van der Waals surface area contributed by atoms with Crippen molar-refractivity contribution in [3.05, 3.63) is 0 Å². The van der Waals surface area contributed by atoms with E-state index in [1.807, 2.05) is 0 Å². The number of nitrogens with one attached hydrogen (secondary N) is 2. The van der Waals surface area contributed by atoms with Gasteiger partial charge < -0.3 is 15.4 Å². The first-order chi connectivity index (χ1) is 9.92. The van der Waals surface area contributed by atoms with Crippen molar-refractivity contribution in [2.45, 2.75) is 25.1 Å². The zero-order valence-corrected chi connectivity index (χ0v) is 14.4. The molecule has 0 saturated carbocycles. The Bertz CT molecular complexity index is 356. The smallest absolute Gasteiger partial charge is 0.375 e. The summed E-state index contributed by atoms with van der Waals surface area (Å²) < 4.78 is 42.3. The maximum absolute atomic E-state index is 12.3. The zero-order valence-electron chi connectivity index (χ0n) is 12.7. The fourth-order valence-electron chi connectivity index (χ4n) is 2.76. The first kappa shape index (κ1) is 22.7. The predicted molar refractivity (Wildman–Crippen MR) is 85.3 cm³/mol. The summed E-state index contributed by atoms with van der Waals surface area (Å²) in [7, 11) is 0. The molecule has 0 aromatic heterocycles.